The van der Waals surface area contributed by atoms with Crippen LogP contribution in [0.1, 0.15) is 24.1 Å². The topological polar surface area (TPSA) is 54.8 Å². The molecule has 4 rings (SSSR count). The van der Waals surface area contributed by atoms with Gasteiger partial charge in [0.1, 0.15) is 23.3 Å². The van der Waals surface area contributed by atoms with E-state index in [1.165, 1.54) is 18.4 Å². The molecule has 1 aromatic carbocycles. The number of nitrogens with zero attached hydrogens (tertiary/aromatic N) is 2. The standard InChI is InChI=1S/C19H22N2O3/c1-23-15-6-2-13(3-7-15)10-21-11-16-17(8-9-19(22)20-16)24-18(12-21)14-4-5-14/h2-3,6-9,14,18H,4-5,10-12H2,1H3,(H,20,22)/t18-/m0/s1. The van der Waals surface area contributed by atoms with Gasteiger partial charge in [0.05, 0.1) is 7.11 Å². The third kappa shape index (κ3) is 3.31. The van der Waals surface area contributed by atoms with Crippen molar-refractivity contribution < 1.29 is 14.6 Å². The largest absolute Gasteiger partial charge is 0.497 e. The van der Waals surface area contributed by atoms with Crippen molar-refractivity contribution >= 4 is 0 Å². The Morgan fingerprint density at radius 2 is 2.00 bits per heavy atom. The van der Waals surface area contributed by atoms with Gasteiger partial charge in [-0.25, -0.2) is 4.98 Å². The lowest BCUT2D eigenvalue weighted by atomic mass is 10.1. The van der Waals surface area contributed by atoms with E-state index in [0.29, 0.717) is 12.5 Å². The Kier molecular flexibility index (Phi) is 4.02. The van der Waals surface area contributed by atoms with E-state index in [9.17, 15) is 5.11 Å². The molecule has 0 radical (unpaired) electrons. The first kappa shape index (κ1) is 15.3. The van der Waals surface area contributed by atoms with Gasteiger partial charge in [0.25, 0.3) is 0 Å². The highest BCUT2D eigenvalue weighted by atomic mass is 16.5. The summed E-state index contributed by atoms with van der Waals surface area (Å²) in [7, 11) is 1.68. The van der Waals surface area contributed by atoms with Crippen LogP contribution in [0.4, 0.5) is 0 Å². The summed E-state index contributed by atoms with van der Waals surface area (Å²) in [6.07, 6.45) is 2.68. The maximum absolute atomic E-state index is 9.70. The molecular formula is C19H22N2O3. The molecule has 1 N–H and O–H groups in total. The second-order valence-electron chi connectivity index (χ2n) is 6.63. The van der Waals surface area contributed by atoms with Crippen LogP contribution in [0.15, 0.2) is 36.4 Å². The van der Waals surface area contributed by atoms with Crippen molar-refractivity contribution in [2.24, 2.45) is 5.92 Å². The summed E-state index contributed by atoms with van der Waals surface area (Å²) in [5, 5.41) is 9.70. The summed E-state index contributed by atoms with van der Waals surface area (Å²) in [4.78, 5) is 6.63. The zero-order valence-corrected chi connectivity index (χ0v) is 13.8. The van der Waals surface area contributed by atoms with Crippen molar-refractivity contribution in [3.63, 3.8) is 0 Å². The highest BCUT2D eigenvalue weighted by molar-refractivity contribution is 5.33. The quantitative estimate of drug-likeness (QED) is 0.936. The van der Waals surface area contributed by atoms with Crippen LogP contribution in [0.3, 0.4) is 0 Å². The van der Waals surface area contributed by atoms with E-state index in [1.54, 1.807) is 13.2 Å². The van der Waals surface area contributed by atoms with Crippen LogP contribution in [0, 0.1) is 5.92 Å². The van der Waals surface area contributed by atoms with Crippen LogP contribution in [0.25, 0.3) is 0 Å². The summed E-state index contributed by atoms with van der Waals surface area (Å²) in [6, 6.07) is 11.6. The molecule has 1 aliphatic heterocycles. The Hall–Kier alpha value is -2.27. The van der Waals surface area contributed by atoms with Gasteiger partial charge in [-0.15, -0.1) is 0 Å². The third-order valence-electron chi connectivity index (χ3n) is 4.72. The molecular weight excluding hydrogens is 304 g/mol. The van der Waals surface area contributed by atoms with Gasteiger partial charge in [-0.3, -0.25) is 4.90 Å². The molecule has 2 aliphatic rings. The Morgan fingerprint density at radius 3 is 2.71 bits per heavy atom. The van der Waals surface area contributed by atoms with Crippen LogP contribution in [-0.2, 0) is 13.1 Å². The maximum atomic E-state index is 9.70. The van der Waals surface area contributed by atoms with E-state index in [-0.39, 0.29) is 12.0 Å². The molecule has 0 unspecified atom stereocenters. The molecule has 1 aromatic heterocycles. The zero-order valence-electron chi connectivity index (χ0n) is 13.8. The molecule has 0 amide bonds. The molecule has 2 aromatic rings. The molecule has 5 nitrogen and oxygen atoms in total. The number of aromatic hydroxyl groups is 1. The normalized spacial score (nSPS) is 20.8. The van der Waals surface area contributed by atoms with Gasteiger partial charge in [0.15, 0.2) is 0 Å². The fourth-order valence-electron chi connectivity index (χ4n) is 3.25. The van der Waals surface area contributed by atoms with E-state index in [2.05, 4.69) is 22.0 Å². The average Bonchev–Trinajstić information content (AvgIpc) is 3.41. The molecule has 24 heavy (non-hydrogen) atoms. The Balaban J connectivity index is 1.56. The minimum atomic E-state index is 0.0478. The fraction of sp³-hybridized carbons (Fsp3) is 0.421. The second kappa shape index (κ2) is 6.32. The Morgan fingerprint density at radius 1 is 1.21 bits per heavy atom. The number of hydrogen-bond acceptors (Lipinski definition) is 5. The smallest absolute Gasteiger partial charge is 0.211 e. The van der Waals surface area contributed by atoms with Crippen LogP contribution >= 0.6 is 0 Å². The molecule has 5 heteroatoms. The molecule has 2 heterocycles. The number of pyridine rings is 1. The number of methoxy groups -OCH3 is 1. The molecule has 1 atom stereocenters. The van der Waals surface area contributed by atoms with Crippen molar-refractivity contribution in [3.05, 3.63) is 47.7 Å². The van der Waals surface area contributed by atoms with E-state index >= 15 is 0 Å². The van der Waals surface area contributed by atoms with Crippen molar-refractivity contribution in [2.45, 2.75) is 32.0 Å². The van der Waals surface area contributed by atoms with Gasteiger partial charge < -0.3 is 14.6 Å². The van der Waals surface area contributed by atoms with Crippen molar-refractivity contribution in [1.29, 1.82) is 0 Å². The highest BCUT2D eigenvalue weighted by Crippen LogP contribution is 2.38. The van der Waals surface area contributed by atoms with Crippen molar-refractivity contribution in [3.8, 4) is 17.4 Å². The summed E-state index contributed by atoms with van der Waals surface area (Å²) in [5.41, 5.74) is 2.04. The SMILES string of the molecule is COc1ccc(CN2Cc3nc(O)ccc3O[C@H](C3CC3)C2)cc1. The lowest BCUT2D eigenvalue weighted by Gasteiger charge is -2.23. The molecule has 0 spiro atoms. The summed E-state index contributed by atoms with van der Waals surface area (Å²) in [5.74, 6) is 2.36. The summed E-state index contributed by atoms with van der Waals surface area (Å²) < 4.78 is 11.4. The van der Waals surface area contributed by atoms with E-state index < -0.39 is 0 Å². The minimum absolute atomic E-state index is 0.0478. The van der Waals surface area contributed by atoms with Gasteiger partial charge >= 0.3 is 0 Å². The van der Waals surface area contributed by atoms with Gasteiger partial charge in [-0.05, 0) is 42.5 Å². The molecule has 0 saturated heterocycles. The van der Waals surface area contributed by atoms with Crippen LogP contribution < -0.4 is 9.47 Å². The van der Waals surface area contributed by atoms with Gasteiger partial charge in [0, 0.05) is 25.7 Å². The summed E-state index contributed by atoms with van der Waals surface area (Å²) in [6.45, 7) is 2.39. The Labute approximate surface area is 141 Å². The molecule has 1 fully saturated rings. The number of benzene rings is 1. The van der Waals surface area contributed by atoms with Crippen LogP contribution in [0.2, 0.25) is 0 Å². The zero-order chi connectivity index (χ0) is 16.5. The van der Waals surface area contributed by atoms with Crippen molar-refractivity contribution in [2.75, 3.05) is 13.7 Å². The fourth-order valence-corrected chi connectivity index (χ4v) is 3.25. The van der Waals surface area contributed by atoms with E-state index in [1.807, 2.05) is 18.2 Å². The predicted molar refractivity (Wildman–Crippen MR) is 90.1 cm³/mol. The van der Waals surface area contributed by atoms with Crippen molar-refractivity contribution in [1.82, 2.24) is 9.88 Å². The lowest BCUT2D eigenvalue weighted by Crippen LogP contribution is -2.33. The number of aromatic nitrogens is 1. The average molecular weight is 326 g/mol. The number of hydrogen-bond donors (Lipinski definition) is 1. The molecule has 126 valence electrons. The maximum Gasteiger partial charge on any atom is 0.211 e. The van der Waals surface area contributed by atoms with Gasteiger partial charge in [-0.2, -0.15) is 0 Å². The first-order valence-electron chi connectivity index (χ1n) is 8.42. The Bertz CT molecular complexity index is 713. The summed E-state index contributed by atoms with van der Waals surface area (Å²) >= 11 is 0. The minimum Gasteiger partial charge on any atom is -0.497 e. The van der Waals surface area contributed by atoms with Crippen LogP contribution in [-0.4, -0.2) is 34.7 Å². The number of rotatable bonds is 4. The molecule has 0 bridgehead atoms. The van der Waals surface area contributed by atoms with E-state index in [4.69, 9.17) is 9.47 Å². The second-order valence-corrected chi connectivity index (χ2v) is 6.63. The number of fused-ring (bicyclic) bond motifs is 1. The molecule has 1 aliphatic carbocycles. The lowest BCUT2D eigenvalue weighted by molar-refractivity contribution is 0.125. The van der Waals surface area contributed by atoms with Gasteiger partial charge in [-0.1, -0.05) is 12.1 Å². The molecule has 1 saturated carbocycles. The monoisotopic (exact) mass is 326 g/mol. The van der Waals surface area contributed by atoms with E-state index in [0.717, 1.165) is 30.3 Å². The van der Waals surface area contributed by atoms with Gasteiger partial charge in [0.2, 0.25) is 5.88 Å². The first-order valence-corrected chi connectivity index (χ1v) is 8.42. The third-order valence-corrected chi connectivity index (χ3v) is 4.72. The highest BCUT2D eigenvalue weighted by Gasteiger charge is 2.36. The first-order chi connectivity index (χ1) is 11.7. The predicted octanol–water partition coefficient (Wildman–Crippen LogP) is 2.97. The van der Waals surface area contributed by atoms with Crippen LogP contribution in [0.5, 0.6) is 17.4 Å². The number of ether oxygens (including phenoxy) is 2.